The minimum absolute atomic E-state index is 0.0370. The summed E-state index contributed by atoms with van der Waals surface area (Å²) in [5, 5.41) is 24.0. The van der Waals surface area contributed by atoms with Crippen molar-refractivity contribution in [3.05, 3.63) is 35.9 Å². The van der Waals surface area contributed by atoms with Crippen LogP contribution in [0.5, 0.6) is 0 Å². The van der Waals surface area contributed by atoms with Gasteiger partial charge in [0.05, 0.1) is 13.2 Å². The molecule has 0 aliphatic carbocycles. The van der Waals surface area contributed by atoms with Crippen molar-refractivity contribution >= 4 is 6.29 Å². The molecule has 0 aliphatic heterocycles. The summed E-state index contributed by atoms with van der Waals surface area (Å²) in [4.78, 5) is 9.97. The summed E-state index contributed by atoms with van der Waals surface area (Å²) in [6.45, 7) is 6.52. The zero-order valence-corrected chi connectivity index (χ0v) is 14.2. The van der Waals surface area contributed by atoms with E-state index in [0.717, 1.165) is 25.1 Å². The van der Waals surface area contributed by atoms with Gasteiger partial charge in [-0.1, -0.05) is 30.3 Å². The first-order valence-electron chi connectivity index (χ1n) is 7.66. The molecule has 0 spiro atoms. The third-order valence-corrected chi connectivity index (χ3v) is 2.39. The second kappa shape index (κ2) is 18.7. The van der Waals surface area contributed by atoms with Gasteiger partial charge in [0.15, 0.2) is 6.29 Å². The average Bonchev–Trinajstić information content (AvgIpc) is 2.57. The maximum absolute atomic E-state index is 9.97. The van der Waals surface area contributed by atoms with Gasteiger partial charge in [0.1, 0.15) is 12.4 Å². The molecule has 0 amide bonds. The van der Waals surface area contributed by atoms with Gasteiger partial charge in [-0.2, -0.15) is 0 Å². The molecule has 1 aromatic carbocycles. The highest BCUT2D eigenvalue weighted by Crippen LogP contribution is 1.96. The highest BCUT2D eigenvalue weighted by atomic mass is 16.7. The van der Waals surface area contributed by atoms with Crippen LogP contribution in [-0.2, 0) is 20.7 Å². The summed E-state index contributed by atoms with van der Waals surface area (Å²) in [6, 6.07) is 9.68. The van der Waals surface area contributed by atoms with Crippen LogP contribution in [-0.4, -0.2) is 60.4 Å². The fraction of sp³-hybridized carbons (Fsp3) is 0.588. The monoisotopic (exact) mass is 330 g/mol. The molecule has 23 heavy (non-hydrogen) atoms. The molecule has 0 heterocycles. The van der Waals surface area contributed by atoms with E-state index in [-0.39, 0.29) is 19.5 Å². The third-order valence-electron chi connectivity index (χ3n) is 2.39. The quantitative estimate of drug-likeness (QED) is 0.489. The second-order valence-electron chi connectivity index (χ2n) is 4.35. The van der Waals surface area contributed by atoms with Crippen LogP contribution < -0.4 is 0 Å². The van der Waals surface area contributed by atoms with E-state index < -0.39 is 6.10 Å². The van der Waals surface area contributed by atoms with E-state index in [4.69, 9.17) is 24.8 Å². The van der Waals surface area contributed by atoms with Crippen molar-refractivity contribution in [2.75, 3.05) is 26.4 Å². The van der Waals surface area contributed by atoms with E-state index in [1.807, 2.05) is 51.1 Å². The van der Waals surface area contributed by atoms with E-state index in [1.54, 1.807) is 0 Å². The Hall–Kier alpha value is -1.31. The van der Waals surface area contributed by atoms with Gasteiger partial charge >= 0.3 is 0 Å². The molecule has 0 fully saturated rings. The van der Waals surface area contributed by atoms with Gasteiger partial charge in [0.25, 0.3) is 0 Å². The van der Waals surface area contributed by atoms with Crippen LogP contribution in [0.15, 0.2) is 30.3 Å². The van der Waals surface area contributed by atoms with Gasteiger partial charge < -0.3 is 29.6 Å². The zero-order valence-electron chi connectivity index (χ0n) is 14.2. The molecule has 3 N–H and O–H groups in total. The lowest BCUT2D eigenvalue weighted by Gasteiger charge is -2.09. The molecular weight excluding hydrogens is 300 g/mol. The van der Waals surface area contributed by atoms with Crippen molar-refractivity contribution < 1.29 is 29.6 Å². The number of aldehydes is 1. The third kappa shape index (κ3) is 18.6. The molecule has 0 aliphatic rings. The standard InChI is InChI=1S/C8H8O.C6H14O2.C3H8O3/c9-7-6-8-4-2-1-3-5-8;1-4-7-6(3)8-5-2;4-1-3(6)2-5/h1-5,7H,6H2;6H,4-5H2,1-3H3;3-6H,1-2H2. The summed E-state index contributed by atoms with van der Waals surface area (Å²) < 4.78 is 10.1. The largest absolute Gasteiger partial charge is 0.394 e. The molecule has 0 saturated heterocycles. The molecule has 0 bridgehead atoms. The fourth-order valence-electron chi connectivity index (χ4n) is 1.29. The first-order valence-corrected chi connectivity index (χ1v) is 7.66. The first kappa shape index (κ1) is 23.9. The van der Waals surface area contributed by atoms with Gasteiger partial charge in [-0.25, -0.2) is 0 Å². The number of carbonyl (C=O) groups excluding carboxylic acids is 1. The van der Waals surface area contributed by atoms with E-state index in [9.17, 15) is 4.79 Å². The van der Waals surface area contributed by atoms with Gasteiger partial charge in [0.2, 0.25) is 0 Å². The number of benzene rings is 1. The number of ether oxygens (including phenoxy) is 2. The second-order valence-corrected chi connectivity index (χ2v) is 4.35. The maximum atomic E-state index is 9.97. The minimum Gasteiger partial charge on any atom is -0.394 e. The average molecular weight is 330 g/mol. The molecular formula is C17H30O6. The molecule has 1 aromatic rings. The zero-order chi connectivity index (χ0) is 17.9. The molecule has 134 valence electrons. The van der Waals surface area contributed by atoms with Crippen LogP contribution >= 0.6 is 0 Å². The Morgan fingerprint density at radius 3 is 1.83 bits per heavy atom. The van der Waals surface area contributed by atoms with Crippen molar-refractivity contribution in [3.8, 4) is 0 Å². The number of carbonyl (C=O) groups is 1. The van der Waals surface area contributed by atoms with Gasteiger partial charge in [-0.05, 0) is 26.3 Å². The molecule has 1 rings (SSSR count). The molecule has 6 nitrogen and oxygen atoms in total. The fourth-order valence-corrected chi connectivity index (χ4v) is 1.29. The van der Waals surface area contributed by atoms with Crippen molar-refractivity contribution in [1.82, 2.24) is 0 Å². The Labute approximate surface area is 138 Å². The minimum atomic E-state index is -0.954. The molecule has 0 atom stereocenters. The molecule has 0 unspecified atom stereocenters. The normalized spacial score (nSPS) is 9.74. The molecule has 0 saturated carbocycles. The Kier molecular flexibility index (Phi) is 19.5. The van der Waals surface area contributed by atoms with Crippen molar-refractivity contribution in [1.29, 1.82) is 0 Å². The highest BCUT2D eigenvalue weighted by molar-refractivity contribution is 5.54. The van der Waals surface area contributed by atoms with Crippen LogP contribution in [0.25, 0.3) is 0 Å². The Bertz CT molecular complexity index is 334. The van der Waals surface area contributed by atoms with E-state index in [2.05, 4.69) is 0 Å². The van der Waals surface area contributed by atoms with E-state index in [0.29, 0.717) is 6.42 Å². The van der Waals surface area contributed by atoms with Gasteiger partial charge in [-0.15, -0.1) is 0 Å². The summed E-state index contributed by atoms with van der Waals surface area (Å²) in [6.07, 6.45) is 0.450. The topological polar surface area (TPSA) is 96.2 Å². The highest BCUT2D eigenvalue weighted by Gasteiger charge is 1.95. The number of hydrogen-bond acceptors (Lipinski definition) is 6. The number of aliphatic hydroxyl groups is 3. The number of aliphatic hydroxyl groups excluding tert-OH is 3. The maximum Gasteiger partial charge on any atom is 0.154 e. The van der Waals surface area contributed by atoms with E-state index in [1.165, 1.54) is 0 Å². The van der Waals surface area contributed by atoms with E-state index >= 15 is 0 Å². The predicted molar refractivity (Wildman–Crippen MR) is 89.1 cm³/mol. The Balaban J connectivity index is 0. The predicted octanol–water partition coefficient (Wildman–Crippen LogP) is 1.17. The van der Waals surface area contributed by atoms with Gasteiger partial charge in [-0.3, -0.25) is 0 Å². The smallest absolute Gasteiger partial charge is 0.154 e. The number of hydrogen-bond donors (Lipinski definition) is 3. The van der Waals surface area contributed by atoms with Gasteiger partial charge in [0, 0.05) is 19.6 Å². The van der Waals surface area contributed by atoms with Crippen LogP contribution in [0.4, 0.5) is 0 Å². The molecule has 6 heteroatoms. The van der Waals surface area contributed by atoms with Crippen LogP contribution in [0.3, 0.4) is 0 Å². The summed E-state index contributed by atoms with van der Waals surface area (Å²) >= 11 is 0. The van der Waals surface area contributed by atoms with Crippen molar-refractivity contribution in [3.63, 3.8) is 0 Å². The summed E-state index contributed by atoms with van der Waals surface area (Å²) in [5.41, 5.74) is 1.08. The summed E-state index contributed by atoms with van der Waals surface area (Å²) in [7, 11) is 0. The van der Waals surface area contributed by atoms with Crippen LogP contribution in [0.1, 0.15) is 26.3 Å². The first-order chi connectivity index (χ1) is 11.0. The Morgan fingerprint density at radius 2 is 1.52 bits per heavy atom. The number of rotatable bonds is 8. The lowest BCUT2D eigenvalue weighted by atomic mass is 10.2. The summed E-state index contributed by atoms with van der Waals surface area (Å²) in [5.74, 6) is 0. The molecule has 0 radical (unpaired) electrons. The lowest BCUT2D eigenvalue weighted by molar-refractivity contribution is -0.123. The van der Waals surface area contributed by atoms with Crippen LogP contribution in [0, 0.1) is 0 Å². The van der Waals surface area contributed by atoms with Crippen LogP contribution in [0.2, 0.25) is 0 Å². The van der Waals surface area contributed by atoms with Crippen molar-refractivity contribution in [2.45, 2.75) is 39.6 Å². The lowest BCUT2D eigenvalue weighted by Crippen LogP contribution is -2.15. The SMILES string of the molecule is CCOC(C)OCC.O=CCc1ccccc1.OCC(O)CO. The Morgan fingerprint density at radius 1 is 1.04 bits per heavy atom. The van der Waals surface area contributed by atoms with Crippen molar-refractivity contribution in [2.24, 2.45) is 0 Å². The molecule has 0 aromatic heterocycles.